The van der Waals surface area contributed by atoms with E-state index in [1.54, 1.807) is 0 Å². The minimum atomic E-state index is 0.335. The third-order valence-corrected chi connectivity index (χ3v) is 1.67. The average molecular weight is 158 g/mol. The van der Waals surface area contributed by atoms with E-state index in [1.165, 1.54) is 6.42 Å². The molecule has 0 saturated heterocycles. The van der Waals surface area contributed by atoms with Crippen molar-refractivity contribution in [3.05, 3.63) is 0 Å². The number of hydrogen-bond donors (Lipinski definition) is 2. The van der Waals surface area contributed by atoms with Gasteiger partial charge < -0.3 is 11.1 Å². The lowest BCUT2D eigenvalue weighted by molar-refractivity contribution is 0.519. The standard InChI is InChI=1S/C9H22N2/c1-8(2)4-6-11-7-5-9(3)10/h8-9,11H,4-7,10H2,1-3H3. The first-order chi connectivity index (χ1) is 5.13. The Bertz CT molecular complexity index is 69.6. The Labute approximate surface area is 70.5 Å². The molecule has 3 N–H and O–H groups in total. The van der Waals surface area contributed by atoms with Crippen LogP contribution in [0.4, 0.5) is 0 Å². The average Bonchev–Trinajstić information content (AvgIpc) is 1.85. The predicted octanol–water partition coefficient (Wildman–Crippen LogP) is 1.36. The summed E-state index contributed by atoms with van der Waals surface area (Å²) in [5, 5.41) is 3.37. The van der Waals surface area contributed by atoms with Crippen molar-refractivity contribution in [3.8, 4) is 0 Å². The first-order valence-corrected chi connectivity index (χ1v) is 4.59. The van der Waals surface area contributed by atoms with Gasteiger partial charge in [-0.05, 0) is 38.8 Å². The molecule has 0 aromatic carbocycles. The molecule has 11 heavy (non-hydrogen) atoms. The smallest absolute Gasteiger partial charge is 0.00225 e. The molecule has 2 nitrogen and oxygen atoms in total. The summed E-state index contributed by atoms with van der Waals surface area (Å²) in [6, 6.07) is 0.335. The second-order valence-corrected chi connectivity index (χ2v) is 3.70. The van der Waals surface area contributed by atoms with Gasteiger partial charge in [-0.25, -0.2) is 0 Å². The monoisotopic (exact) mass is 158 g/mol. The van der Waals surface area contributed by atoms with E-state index in [2.05, 4.69) is 19.2 Å². The minimum absolute atomic E-state index is 0.335. The highest BCUT2D eigenvalue weighted by atomic mass is 14.8. The lowest BCUT2D eigenvalue weighted by atomic mass is 10.1. The Hall–Kier alpha value is -0.0800. The molecule has 0 fully saturated rings. The quantitative estimate of drug-likeness (QED) is 0.573. The van der Waals surface area contributed by atoms with Crippen molar-refractivity contribution < 1.29 is 0 Å². The molecule has 0 radical (unpaired) electrons. The molecule has 1 atom stereocenters. The zero-order chi connectivity index (χ0) is 8.69. The predicted molar refractivity (Wildman–Crippen MR) is 50.6 cm³/mol. The minimum Gasteiger partial charge on any atom is -0.328 e. The van der Waals surface area contributed by atoms with Gasteiger partial charge in [-0.15, -0.1) is 0 Å². The Morgan fingerprint density at radius 2 is 1.64 bits per heavy atom. The van der Waals surface area contributed by atoms with Gasteiger partial charge in [0.1, 0.15) is 0 Å². The van der Waals surface area contributed by atoms with Crippen LogP contribution in [0.15, 0.2) is 0 Å². The third-order valence-electron chi connectivity index (χ3n) is 1.67. The van der Waals surface area contributed by atoms with Gasteiger partial charge >= 0.3 is 0 Å². The summed E-state index contributed by atoms with van der Waals surface area (Å²) in [5.41, 5.74) is 5.59. The number of nitrogens with one attached hydrogen (secondary N) is 1. The van der Waals surface area contributed by atoms with Crippen LogP contribution in [0.5, 0.6) is 0 Å². The second kappa shape index (κ2) is 6.62. The zero-order valence-electron chi connectivity index (χ0n) is 8.06. The van der Waals surface area contributed by atoms with Crippen molar-refractivity contribution >= 4 is 0 Å². The van der Waals surface area contributed by atoms with Gasteiger partial charge in [-0.1, -0.05) is 13.8 Å². The lowest BCUT2D eigenvalue weighted by Crippen LogP contribution is -2.25. The molecule has 0 amide bonds. The van der Waals surface area contributed by atoms with Crippen LogP contribution in [0.3, 0.4) is 0 Å². The summed E-state index contributed by atoms with van der Waals surface area (Å²) in [6.07, 6.45) is 2.34. The maximum atomic E-state index is 5.59. The summed E-state index contributed by atoms with van der Waals surface area (Å²) in [4.78, 5) is 0. The van der Waals surface area contributed by atoms with Crippen molar-refractivity contribution in [2.24, 2.45) is 11.7 Å². The number of nitrogens with two attached hydrogens (primary N) is 1. The topological polar surface area (TPSA) is 38.0 Å². The highest BCUT2D eigenvalue weighted by Gasteiger charge is 1.94. The highest BCUT2D eigenvalue weighted by Crippen LogP contribution is 1.96. The van der Waals surface area contributed by atoms with Gasteiger partial charge in [-0.2, -0.15) is 0 Å². The molecule has 68 valence electrons. The first-order valence-electron chi connectivity index (χ1n) is 4.59. The van der Waals surface area contributed by atoms with Gasteiger partial charge in [-0.3, -0.25) is 0 Å². The fourth-order valence-corrected chi connectivity index (χ4v) is 0.845. The number of rotatable bonds is 6. The Morgan fingerprint density at radius 1 is 1.09 bits per heavy atom. The van der Waals surface area contributed by atoms with Crippen molar-refractivity contribution in [1.29, 1.82) is 0 Å². The number of hydrogen-bond acceptors (Lipinski definition) is 2. The summed E-state index contributed by atoms with van der Waals surface area (Å²) < 4.78 is 0. The van der Waals surface area contributed by atoms with Crippen molar-refractivity contribution in [1.82, 2.24) is 5.32 Å². The molecule has 0 aromatic rings. The lowest BCUT2D eigenvalue weighted by Gasteiger charge is -2.08. The van der Waals surface area contributed by atoms with Crippen LogP contribution in [0.2, 0.25) is 0 Å². The van der Waals surface area contributed by atoms with E-state index < -0.39 is 0 Å². The summed E-state index contributed by atoms with van der Waals surface area (Å²) in [6.45, 7) is 8.72. The van der Waals surface area contributed by atoms with E-state index in [-0.39, 0.29) is 0 Å². The first kappa shape index (κ1) is 10.9. The molecule has 0 heterocycles. The van der Waals surface area contributed by atoms with Crippen LogP contribution in [0.1, 0.15) is 33.6 Å². The van der Waals surface area contributed by atoms with Crippen LogP contribution in [0.25, 0.3) is 0 Å². The van der Waals surface area contributed by atoms with E-state index in [1.807, 2.05) is 6.92 Å². The van der Waals surface area contributed by atoms with Crippen molar-refractivity contribution in [2.45, 2.75) is 39.7 Å². The Balaban J connectivity index is 2.91. The fraction of sp³-hybridized carbons (Fsp3) is 1.00. The largest absolute Gasteiger partial charge is 0.328 e. The van der Waals surface area contributed by atoms with E-state index in [0.717, 1.165) is 25.4 Å². The highest BCUT2D eigenvalue weighted by molar-refractivity contribution is 4.56. The van der Waals surface area contributed by atoms with Crippen LogP contribution in [-0.2, 0) is 0 Å². The third kappa shape index (κ3) is 9.92. The molecule has 0 aliphatic rings. The summed E-state index contributed by atoms with van der Waals surface area (Å²) in [7, 11) is 0. The molecule has 0 aromatic heterocycles. The molecular formula is C9H22N2. The van der Waals surface area contributed by atoms with E-state index in [9.17, 15) is 0 Å². The van der Waals surface area contributed by atoms with E-state index in [0.29, 0.717) is 6.04 Å². The van der Waals surface area contributed by atoms with Crippen LogP contribution in [0, 0.1) is 5.92 Å². The Kier molecular flexibility index (Phi) is 6.57. The maximum absolute atomic E-state index is 5.59. The zero-order valence-corrected chi connectivity index (χ0v) is 8.06. The summed E-state index contributed by atoms with van der Waals surface area (Å²) >= 11 is 0. The van der Waals surface area contributed by atoms with Gasteiger partial charge in [0.15, 0.2) is 0 Å². The molecule has 0 aliphatic heterocycles. The summed E-state index contributed by atoms with van der Waals surface area (Å²) in [5.74, 6) is 0.804. The van der Waals surface area contributed by atoms with Crippen molar-refractivity contribution in [2.75, 3.05) is 13.1 Å². The second-order valence-electron chi connectivity index (χ2n) is 3.70. The fourth-order valence-electron chi connectivity index (χ4n) is 0.845. The van der Waals surface area contributed by atoms with Crippen molar-refractivity contribution in [3.63, 3.8) is 0 Å². The normalized spacial score (nSPS) is 13.9. The molecule has 0 spiro atoms. The van der Waals surface area contributed by atoms with Crippen LogP contribution >= 0.6 is 0 Å². The SMILES string of the molecule is CC(C)CCNCCC(C)N. The molecule has 2 heteroatoms. The van der Waals surface area contributed by atoms with Gasteiger partial charge in [0, 0.05) is 6.04 Å². The molecule has 0 bridgehead atoms. The molecule has 0 saturated carbocycles. The Morgan fingerprint density at radius 3 is 2.09 bits per heavy atom. The van der Waals surface area contributed by atoms with Gasteiger partial charge in [0.25, 0.3) is 0 Å². The van der Waals surface area contributed by atoms with Gasteiger partial charge in [0.05, 0.1) is 0 Å². The van der Waals surface area contributed by atoms with Crippen LogP contribution in [-0.4, -0.2) is 19.1 Å². The molecule has 0 rings (SSSR count). The van der Waals surface area contributed by atoms with E-state index >= 15 is 0 Å². The molecule has 0 aliphatic carbocycles. The molecular weight excluding hydrogens is 136 g/mol. The van der Waals surface area contributed by atoms with Crippen LogP contribution < -0.4 is 11.1 Å². The van der Waals surface area contributed by atoms with Gasteiger partial charge in [0.2, 0.25) is 0 Å². The molecule has 1 unspecified atom stereocenters. The maximum Gasteiger partial charge on any atom is 0.00225 e. The van der Waals surface area contributed by atoms with E-state index in [4.69, 9.17) is 5.73 Å².